The molecule has 0 unspecified atom stereocenters. The molecule has 1 heterocycles. The molecule has 1 N–H and O–H groups in total. The Balaban J connectivity index is 2.06. The van der Waals surface area contributed by atoms with E-state index in [0.29, 0.717) is 0 Å². The summed E-state index contributed by atoms with van der Waals surface area (Å²) >= 11 is 1.68. The Morgan fingerprint density at radius 3 is 2.58 bits per heavy atom. The van der Waals surface area contributed by atoms with Gasteiger partial charge in [-0.15, -0.1) is 11.3 Å². The molecular weight excluding hydrogens is 254 g/mol. The molecule has 19 heavy (non-hydrogen) atoms. The minimum Gasteiger partial charge on any atom is -0.350 e. The van der Waals surface area contributed by atoms with E-state index < -0.39 is 0 Å². The van der Waals surface area contributed by atoms with Crippen molar-refractivity contribution in [2.45, 2.75) is 19.9 Å². The lowest BCUT2D eigenvalue weighted by Gasteiger charge is -2.03. The van der Waals surface area contributed by atoms with Crippen LogP contribution in [0.15, 0.2) is 48.5 Å². The van der Waals surface area contributed by atoms with Gasteiger partial charge in [0.1, 0.15) is 0 Å². The van der Waals surface area contributed by atoms with E-state index in [2.05, 4.69) is 23.5 Å². The molecule has 2 aromatic rings. The molecule has 0 radical (unpaired) electrons. The quantitative estimate of drug-likeness (QED) is 0.838. The van der Waals surface area contributed by atoms with E-state index in [1.54, 1.807) is 17.4 Å². The second-order valence-corrected chi connectivity index (χ2v) is 5.68. The van der Waals surface area contributed by atoms with Crippen molar-refractivity contribution in [3.05, 3.63) is 53.4 Å². The number of carbonyl (C=O) groups is 1. The average molecular weight is 271 g/mol. The van der Waals surface area contributed by atoms with Gasteiger partial charge in [-0.3, -0.25) is 4.79 Å². The first-order valence-electron chi connectivity index (χ1n) is 6.29. The highest BCUT2D eigenvalue weighted by Gasteiger charge is 2.01. The van der Waals surface area contributed by atoms with Crippen molar-refractivity contribution < 1.29 is 4.79 Å². The predicted octanol–water partition coefficient (Wildman–Crippen LogP) is 3.95. The van der Waals surface area contributed by atoms with Crippen molar-refractivity contribution in [3.8, 4) is 10.4 Å². The molecule has 0 atom stereocenters. The van der Waals surface area contributed by atoms with Gasteiger partial charge in [0.25, 0.3) is 0 Å². The Morgan fingerprint density at radius 1 is 1.16 bits per heavy atom. The van der Waals surface area contributed by atoms with Crippen molar-refractivity contribution in [1.29, 1.82) is 0 Å². The van der Waals surface area contributed by atoms with Crippen molar-refractivity contribution >= 4 is 23.3 Å². The van der Waals surface area contributed by atoms with Crippen molar-refractivity contribution in [2.24, 2.45) is 0 Å². The topological polar surface area (TPSA) is 29.1 Å². The van der Waals surface area contributed by atoms with Gasteiger partial charge in [-0.1, -0.05) is 30.3 Å². The van der Waals surface area contributed by atoms with E-state index in [4.69, 9.17) is 0 Å². The first-order chi connectivity index (χ1) is 9.15. The standard InChI is InChI=1S/C16H17NOS/c1-12(2)17-16(18)11-9-14-8-10-15(19-14)13-6-4-3-5-7-13/h3-12H,1-2H3,(H,17,18)/b11-9+. The largest absolute Gasteiger partial charge is 0.350 e. The SMILES string of the molecule is CC(C)NC(=O)/C=C/c1ccc(-c2ccccc2)s1. The number of hydrogen-bond acceptors (Lipinski definition) is 2. The summed E-state index contributed by atoms with van der Waals surface area (Å²) in [6.07, 6.45) is 3.44. The number of nitrogens with one attached hydrogen (secondary N) is 1. The lowest BCUT2D eigenvalue weighted by molar-refractivity contribution is -0.116. The molecule has 3 heteroatoms. The van der Waals surface area contributed by atoms with Crippen LogP contribution in [0.4, 0.5) is 0 Å². The Kier molecular flexibility index (Phi) is 4.53. The first-order valence-corrected chi connectivity index (χ1v) is 7.10. The van der Waals surface area contributed by atoms with Crippen molar-refractivity contribution in [2.75, 3.05) is 0 Å². The molecule has 1 aromatic carbocycles. The summed E-state index contributed by atoms with van der Waals surface area (Å²) < 4.78 is 0. The molecule has 2 nitrogen and oxygen atoms in total. The molecule has 0 spiro atoms. The van der Waals surface area contributed by atoms with E-state index in [1.165, 1.54) is 10.4 Å². The maximum atomic E-state index is 11.5. The zero-order valence-corrected chi connectivity index (χ0v) is 11.9. The van der Waals surface area contributed by atoms with E-state index in [9.17, 15) is 4.79 Å². The number of carbonyl (C=O) groups excluding carboxylic acids is 1. The molecule has 0 bridgehead atoms. The summed E-state index contributed by atoms with van der Waals surface area (Å²) in [5, 5.41) is 2.83. The Morgan fingerprint density at radius 2 is 1.89 bits per heavy atom. The highest BCUT2D eigenvalue weighted by Crippen LogP contribution is 2.28. The maximum absolute atomic E-state index is 11.5. The van der Waals surface area contributed by atoms with Crippen LogP contribution in [-0.2, 0) is 4.79 Å². The maximum Gasteiger partial charge on any atom is 0.244 e. The molecule has 0 saturated carbocycles. The van der Waals surface area contributed by atoms with Crippen LogP contribution in [-0.4, -0.2) is 11.9 Å². The Hall–Kier alpha value is -1.87. The lowest BCUT2D eigenvalue weighted by Crippen LogP contribution is -2.28. The molecule has 98 valence electrons. The van der Waals surface area contributed by atoms with E-state index in [-0.39, 0.29) is 11.9 Å². The molecule has 1 amide bonds. The smallest absolute Gasteiger partial charge is 0.244 e. The second-order valence-electron chi connectivity index (χ2n) is 4.56. The minimum absolute atomic E-state index is 0.0512. The van der Waals surface area contributed by atoms with E-state index >= 15 is 0 Å². The molecule has 0 aliphatic rings. The fourth-order valence-corrected chi connectivity index (χ4v) is 2.61. The molecule has 2 rings (SSSR count). The van der Waals surface area contributed by atoms with Gasteiger partial charge in [-0.25, -0.2) is 0 Å². The van der Waals surface area contributed by atoms with Crippen LogP contribution in [0.25, 0.3) is 16.5 Å². The molecule has 1 aromatic heterocycles. The van der Waals surface area contributed by atoms with Crippen LogP contribution in [0.3, 0.4) is 0 Å². The highest BCUT2D eigenvalue weighted by molar-refractivity contribution is 7.16. The Labute approximate surface area is 117 Å². The highest BCUT2D eigenvalue weighted by atomic mass is 32.1. The van der Waals surface area contributed by atoms with Gasteiger partial charge < -0.3 is 5.32 Å². The summed E-state index contributed by atoms with van der Waals surface area (Å²) in [4.78, 5) is 13.8. The summed E-state index contributed by atoms with van der Waals surface area (Å²) in [5.74, 6) is -0.0512. The van der Waals surface area contributed by atoms with Gasteiger partial charge in [-0.2, -0.15) is 0 Å². The third kappa shape index (κ3) is 4.07. The van der Waals surface area contributed by atoms with E-state index in [1.807, 2.05) is 44.2 Å². The van der Waals surface area contributed by atoms with Crippen LogP contribution >= 0.6 is 11.3 Å². The van der Waals surface area contributed by atoms with Crippen LogP contribution in [0, 0.1) is 0 Å². The number of hydrogen-bond donors (Lipinski definition) is 1. The van der Waals surface area contributed by atoms with Gasteiger partial charge in [0.2, 0.25) is 5.91 Å². The number of thiophene rings is 1. The summed E-state index contributed by atoms with van der Waals surface area (Å²) in [6.45, 7) is 3.90. The fourth-order valence-electron chi connectivity index (χ4n) is 1.69. The normalized spacial score (nSPS) is 11.1. The van der Waals surface area contributed by atoms with Crippen molar-refractivity contribution in [1.82, 2.24) is 5.32 Å². The van der Waals surface area contributed by atoms with Crippen LogP contribution in [0.1, 0.15) is 18.7 Å². The monoisotopic (exact) mass is 271 g/mol. The van der Waals surface area contributed by atoms with Gasteiger partial charge in [0, 0.05) is 21.9 Å². The third-order valence-corrected chi connectivity index (χ3v) is 3.61. The first kappa shape index (κ1) is 13.6. The number of amides is 1. The van der Waals surface area contributed by atoms with Crippen molar-refractivity contribution in [3.63, 3.8) is 0 Å². The lowest BCUT2D eigenvalue weighted by atomic mass is 10.2. The Bertz CT molecular complexity index is 569. The number of benzene rings is 1. The molecule has 0 fully saturated rings. The summed E-state index contributed by atoms with van der Waals surface area (Å²) in [5.41, 5.74) is 1.21. The van der Waals surface area contributed by atoms with Gasteiger partial charge in [0.15, 0.2) is 0 Å². The summed E-state index contributed by atoms with van der Waals surface area (Å²) in [6, 6.07) is 14.5. The van der Waals surface area contributed by atoms with Crippen LogP contribution in [0.5, 0.6) is 0 Å². The van der Waals surface area contributed by atoms with Crippen LogP contribution in [0.2, 0.25) is 0 Å². The fraction of sp³-hybridized carbons (Fsp3) is 0.188. The summed E-state index contributed by atoms with van der Waals surface area (Å²) in [7, 11) is 0. The molecule has 0 aliphatic heterocycles. The van der Waals surface area contributed by atoms with Gasteiger partial charge >= 0.3 is 0 Å². The van der Waals surface area contributed by atoms with Gasteiger partial charge in [-0.05, 0) is 37.6 Å². The van der Waals surface area contributed by atoms with Gasteiger partial charge in [0.05, 0.1) is 0 Å². The molecular formula is C16H17NOS. The minimum atomic E-state index is -0.0512. The molecule has 0 saturated heterocycles. The zero-order chi connectivity index (χ0) is 13.7. The number of rotatable bonds is 4. The zero-order valence-electron chi connectivity index (χ0n) is 11.1. The average Bonchev–Trinajstić information content (AvgIpc) is 2.85. The van der Waals surface area contributed by atoms with E-state index in [0.717, 1.165) is 4.88 Å². The third-order valence-electron chi connectivity index (χ3n) is 2.51. The molecule has 0 aliphatic carbocycles. The second kappa shape index (κ2) is 6.34. The predicted molar refractivity (Wildman–Crippen MR) is 82.1 cm³/mol. The van der Waals surface area contributed by atoms with Crippen LogP contribution < -0.4 is 5.32 Å².